The highest BCUT2D eigenvalue weighted by Crippen LogP contribution is 2.47. The summed E-state index contributed by atoms with van der Waals surface area (Å²) in [6.07, 6.45) is 0.671. The van der Waals surface area contributed by atoms with Crippen LogP contribution in [0.25, 0.3) is 0 Å². The van der Waals surface area contributed by atoms with Gasteiger partial charge in [0.15, 0.2) is 6.29 Å². The average molecular weight is 254 g/mol. The minimum atomic E-state index is 0.00776. The monoisotopic (exact) mass is 254 g/mol. The van der Waals surface area contributed by atoms with Gasteiger partial charge in [0.2, 0.25) is 0 Å². The molecule has 19 heavy (non-hydrogen) atoms. The van der Waals surface area contributed by atoms with Gasteiger partial charge in [0.25, 0.3) is 0 Å². The molecule has 0 atom stereocenters. The van der Waals surface area contributed by atoms with Crippen LogP contribution in [0.2, 0.25) is 0 Å². The van der Waals surface area contributed by atoms with Crippen molar-refractivity contribution in [3.8, 4) is 5.75 Å². The quantitative estimate of drug-likeness (QED) is 0.794. The number of nitrogens with zero attached hydrogens (tertiary/aromatic N) is 2. The van der Waals surface area contributed by atoms with Crippen molar-refractivity contribution in [3.05, 3.63) is 42.0 Å². The maximum Gasteiger partial charge on any atom is 0.153 e. The van der Waals surface area contributed by atoms with E-state index in [9.17, 15) is 9.90 Å². The molecule has 0 unspecified atom stereocenters. The number of phenolic OH excluding ortho intramolecular Hbond substituents is 1. The molecule has 2 aromatic carbocycles. The second kappa shape index (κ2) is 4.02. The van der Waals surface area contributed by atoms with Gasteiger partial charge in [-0.3, -0.25) is 4.79 Å². The molecular formula is C15H14N2O2. The molecule has 2 aromatic rings. The molecule has 0 bridgehead atoms. The van der Waals surface area contributed by atoms with Gasteiger partial charge in [0, 0.05) is 20.2 Å². The molecule has 0 amide bonds. The maximum absolute atomic E-state index is 11.0. The van der Waals surface area contributed by atoms with Crippen LogP contribution in [-0.4, -0.2) is 25.5 Å². The van der Waals surface area contributed by atoms with Crippen LogP contribution in [0.15, 0.2) is 36.4 Å². The zero-order chi connectivity index (χ0) is 13.6. The number of hydrogen-bond acceptors (Lipinski definition) is 4. The molecule has 0 fully saturated rings. The first-order chi connectivity index (χ1) is 9.13. The number of carbonyl (C=O) groups is 1. The standard InChI is InChI=1S/C15H14N2O2/c1-16-11-5-3-4-6-12(11)17(2)14-8-15(19)10(9-18)7-13(14)16/h3-9,19H,1-2H3. The van der Waals surface area contributed by atoms with Crippen LogP contribution in [0.5, 0.6) is 5.75 Å². The van der Waals surface area contributed by atoms with Crippen molar-refractivity contribution in [2.75, 3.05) is 23.9 Å². The molecule has 0 radical (unpaired) electrons. The van der Waals surface area contributed by atoms with Crippen molar-refractivity contribution in [2.24, 2.45) is 0 Å². The van der Waals surface area contributed by atoms with E-state index >= 15 is 0 Å². The van der Waals surface area contributed by atoms with Gasteiger partial charge in [-0.15, -0.1) is 0 Å². The highest BCUT2D eigenvalue weighted by molar-refractivity contribution is 5.96. The fourth-order valence-electron chi connectivity index (χ4n) is 2.50. The second-order valence-electron chi connectivity index (χ2n) is 4.62. The van der Waals surface area contributed by atoms with Gasteiger partial charge >= 0.3 is 0 Å². The minimum Gasteiger partial charge on any atom is -0.507 e. The van der Waals surface area contributed by atoms with Crippen LogP contribution in [0.1, 0.15) is 10.4 Å². The van der Waals surface area contributed by atoms with Gasteiger partial charge in [0.1, 0.15) is 5.75 Å². The molecule has 1 aliphatic rings. The summed E-state index contributed by atoms with van der Waals surface area (Å²) >= 11 is 0. The van der Waals surface area contributed by atoms with E-state index in [1.165, 1.54) is 0 Å². The van der Waals surface area contributed by atoms with Crippen LogP contribution >= 0.6 is 0 Å². The normalized spacial score (nSPS) is 12.9. The summed E-state index contributed by atoms with van der Waals surface area (Å²) in [5.41, 5.74) is 4.22. The smallest absolute Gasteiger partial charge is 0.153 e. The number of carbonyl (C=O) groups excluding carboxylic acids is 1. The average Bonchev–Trinajstić information content (AvgIpc) is 2.44. The molecule has 4 heteroatoms. The lowest BCUT2D eigenvalue weighted by molar-refractivity contribution is 0.112. The van der Waals surface area contributed by atoms with Gasteiger partial charge in [0.05, 0.1) is 28.3 Å². The summed E-state index contributed by atoms with van der Waals surface area (Å²) in [4.78, 5) is 15.0. The van der Waals surface area contributed by atoms with Gasteiger partial charge in [-0.1, -0.05) is 12.1 Å². The summed E-state index contributed by atoms with van der Waals surface area (Å²) in [5.74, 6) is 0.00776. The number of aldehydes is 1. The molecule has 3 rings (SSSR count). The Balaban J connectivity index is 2.26. The number of aromatic hydroxyl groups is 1. The van der Waals surface area contributed by atoms with Gasteiger partial charge < -0.3 is 14.9 Å². The fraction of sp³-hybridized carbons (Fsp3) is 0.133. The highest BCUT2D eigenvalue weighted by atomic mass is 16.3. The topological polar surface area (TPSA) is 43.8 Å². The number of para-hydroxylation sites is 2. The maximum atomic E-state index is 11.0. The molecule has 1 heterocycles. The molecule has 0 saturated carbocycles. The van der Waals surface area contributed by atoms with Crippen molar-refractivity contribution in [2.45, 2.75) is 0 Å². The van der Waals surface area contributed by atoms with Crippen molar-refractivity contribution in [1.29, 1.82) is 0 Å². The molecule has 1 N–H and O–H groups in total. The summed E-state index contributed by atoms with van der Waals surface area (Å²) in [7, 11) is 3.90. The van der Waals surface area contributed by atoms with Crippen molar-refractivity contribution in [3.63, 3.8) is 0 Å². The Morgan fingerprint density at radius 3 is 2.00 bits per heavy atom. The Hall–Kier alpha value is -2.49. The highest BCUT2D eigenvalue weighted by Gasteiger charge is 2.25. The number of fused-ring (bicyclic) bond motifs is 2. The van der Waals surface area contributed by atoms with E-state index in [0.29, 0.717) is 11.8 Å². The van der Waals surface area contributed by atoms with E-state index in [0.717, 1.165) is 22.7 Å². The molecule has 4 nitrogen and oxygen atoms in total. The van der Waals surface area contributed by atoms with Gasteiger partial charge in [-0.2, -0.15) is 0 Å². The first-order valence-corrected chi connectivity index (χ1v) is 6.02. The van der Waals surface area contributed by atoms with Gasteiger partial charge in [-0.25, -0.2) is 0 Å². The third kappa shape index (κ3) is 1.57. The Kier molecular flexibility index (Phi) is 2.45. The SMILES string of the molecule is CN1c2ccccc2N(C)c2cc(C=O)c(O)cc21. The minimum absolute atomic E-state index is 0.00776. The van der Waals surface area contributed by atoms with Crippen LogP contribution in [0, 0.1) is 0 Å². The van der Waals surface area contributed by atoms with Gasteiger partial charge in [-0.05, 0) is 18.2 Å². The predicted molar refractivity (Wildman–Crippen MR) is 76.1 cm³/mol. The van der Waals surface area contributed by atoms with E-state index < -0.39 is 0 Å². The number of hydrogen-bond donors (Lipinski definition) is 1. The van der Waals surface area contributed by atoms with Crippen molar-refractivity contribution < 1.29 is 9.90 Å². The first kappa shape index (κ1) is 11.6. The number of rotatable bonds is 1. The fourth-order valence-corrected chi connectivity index (χ4v) is 2.50. The molecule has 0 aliphatic carbocycles. The molecule has 0 saturated heterocycles. The molecule has 1 aliphatic heterocycles. The van der Waals surface area contributed by atoms with Crippen molar-refractivity contribution in [1.82, 2.24) is 0 Å². The largest absolute Gasteiger partial charge is 0.507 e. The van der Waals surface area contributed by atoms with Crippen LogP contribution in [0.3, 0.4) is 0 Å². The van der Waals surface area contributed by atoms with Crippen LogP contribution < -0.4 is 9.80 Å². The zero-order valence-corrected chi connectivity index (χ0v) is 10.8. The zero-order valence-electron chi connectivity index (χ0n) is 10.8. The number of benzene rings is 2. The summed E-state index contributed by atoms with van der Waals surface area (Å²) in [6, 6.07) is 11.4. The lowest BCUT2D eigenvalue weighted by Gasteiger charge is -2.36. The molecule has 96 valence electrons. The van der Waals surface area contributed by atoms with Crippen LogP contribution in [-0.2, 0) is 0 Å². The summed E-state index contributed by atoms with van der Waals surface area (Å²) in [5, 5.41) is 9.84. The van der Waals surface area contributed by atoms with E-state index in [-0.39, 0.29) is 5.75 Å². The van der Waals surface area contributed by atoms with Crippen molar-refractivity contribution >= 4 is 29.0 Å². The third-order valence-electron chi connectivity index (χ3n) is 3.58. The summed E-state index contributed by atoms with van der Waals surface area (Å²) in [6.45, 7) is 0. The van der Waals surface area contributed by atoms with E-state index in [4.69, 9.17) is 0 Å². The third-order valence-corrected chi connectivity index (χ3v) is 3.58. The van der Waals surface area contributed by atoms with Crippen LogP contribution in [0.4, 0.5) is 22.7 Å². The number of anilines is 4. The molecular weight excluding hydrogens is 240 g/mol. The Labute approximate surface area is 111 Å². The Morgan fingerprint density at radius 1 is 0.947 bits per heavy atom. The lowest BCUT2D eigenvalue weighted by Crippen LogP contribution is -2.24. The van der Waals surface area contributed by atoms with E-state index in [1.54, 1.807) is 12.1 Å². The molecule has 0 aromatic heterocycles. The molecule has 0 spiro atoms. The summed E-state index contributed by atoms with van der Waals surface area (Å²) < 4.78 is 0. The second-order valence-corrected chi connectivity index (χ2v) is 4.62. The van der Waals surface area contributed by atoms with E-state index in [1.807, 2.05) is 48.2 Å². The first-order valence-electron chi connectivity index (χ1n) is 6.02. The Morgan fingerprint density at radius 2 is 1.47 bits per heavy atom. The lowest BCUT2D eigenvalue weighted by atomic mass is 10.1. The van der Waals surface area contributed by atoms with E-state index in [2.05, 4.69) is 0 Å². The predicted octanol–water partition coefficient (Wildman–Crippen LogP) is 3.05. The number of phenols is 1. The Bertz CT molecular complexity index is 667.